The van der Waals surface area contributed by atoms with Crippen LogP contribution in [0.1, 0.15) is 30.1 Å². The van der Waals surface area contributed by atoms with Crippen LogP contribution in [0.2, 0.25) is 0 Å². The summed E-state index contributed by atoms with van der Waals surface area (Å²) in [4.78, 5) is 1.34. The first-order valence-corrected chi connectivity index (χ1v) is 7.18. The molecule has 2 nitrogen and oxygen atoms in total. The highest BCUT2D eigenvalue weighted by Gasteiger charge is 2.06. The lowest BCUT2D eigenvalue weighted by molar-refractivity contribution is 0.646. The van der Waals surface area contributed by atoms with E-state index in [1.54, 1.807) is 11.3 Å². The van der Waals surface area contributed by atoms with Gasteiger partial charge >= 0.3 is 0 Å². The smallest absolute Gasteiger partial charge is 0.0755 e. The van der Waals surface area contributed by atoms with Gasteiger partial charge in [-0.15, -0.1) is 11.3 Å². The summed E-state index contributed by atoms with van der Waals surface area (Å²) in [5.74, 6) is 0. The highest BCUT2D eigenvalue weighted by molar-refractivity contribution is 9.10. The van der Waals surface area contributed by atoms with Gasteiger partial charge in [0, 0.05) is 20.4 Å². The number of hydrogen-bond acceptors (Lipinski definition) is 2. The summed E-state index contributed by atoms with van der Waals surface area (Å²) in [7, 11) is 0. The lowest BCUT2D eigenvalue weighted by atomic mass is 10.2. The van der Waals surface area contributed by atoms with Crippen LogP contribution in [0.3, 0.4) is 0 Å². The summed E-state index contributed by atoms with van der Waals surface area (Å²) in [6.45, 7) is 5.21. The van der Waals surface area contributed by atoms with Crippen molar-refractivity contribution in [3.8, 4) is 0 Å². The normalized spacial score (nSPS) is 10.9. The molecule has 16 heavy (non-hydrogen) atoms. The zero-order chi connectivity index (χ0) is 11.5. The molecule has 0 saturated heterocycles. The maximum Gasteiger partial charge on any atom is 0.0755 e. The second-order valence-corrected chi connectivity index (χ2v) is 5.63. The molecular weight excluding hydrogens is 284 g/mol. The fraction of sp³-hybridized carbons (Fsp3) is 0.417. The van der Waals surface area contributed by atoms with Crippen molar-refractivity contribution in [2.75, 3.05) is 0 Å². The van der Waals surface area contributed by atoms with Crippen LogP contribution in [0, 0.1) is 0 Å². The molecule has 4 heteroatoms. The number of aryl methyl sites for hydroxylation is 2. The van der Waals surface area contributed by atoms with Crippen LogP contribution >= 0.6 is 27.3 Å². The van der Waals surface area contributed by atoms with Gasteiger partial charge in [-0.05, 0) is 40.9 Å². The Labute approximate surface area is 108 Å². The minimum atomic E-state index is 0.888. The quantitative estimate of drug-likeness (QED) is 0.837. The molecule has 0 aliphatic carbocycles. The molecule has 0 amide bonds. The van der Waals surface area contributed by atoms with Crippen molar-refractivity contribution in [3.63, 3.8) is 0 Å². The van der Waals surface area contributed by atoms with Crippen LogP contribution in [0.5, 0.6) is 0 Å². The van der Waals surface area contributed by atoms with Gasteiger partial charge in [0.1, 0.15) is 0 Å². The average Bonchev–Trinajstić information content (AvgIpc) is 2.85. The standard InChI is InChI=1S/C12H15BrN2S/c1-3-10-6-11(4-2)15(14-10)7-12-5-9(13)8-16-12/h5-6,8H,3-4,7H2,1-2H3. The summed E-state index contributed by atoms with van der Waals surface area (Å²) in [6.07, 6.45) is 2.05. The van der Waals surface area contributed by atoms with Crippen LogP contribution in [-0.4, -0.2) is 9.78 Å². The molecule has 86 valence electrons. The third kappa shape index (κ3) is 2.55. The monoisotopic (exact) mass is 298 g/mol. The van der Waals surface area contributed by atoms with Crippen molar-refractivity contribution >= 4 is 27.3 Å². The maximum absolute atomic E-state index is 4.61. The van der Waals surface area contributed by atoms with E-state index in [0.29, 0.717) is 0 Å². The molecule has 0 N–H and O–H groups in total. The van der Waals surface area contributed by atoms with Crippen molar-refractivity contribution in [2.24, 2.45) is 0 Å². The molecule has 2 heterocycles. The Morgan fingerprint density at radius 3 is 2.69 bits per heavy atom. The molecule has 0 aliphatic rings. The van der Waals surface area contributed by atoms with Crippen molar-refractivity contribution in [2.45, 2.75) is 33.2 Å². The van der Waals surface area contributed by atoms with E-state index in [4.69, 9.17) is 0 Å². The Morgan fingerprint density at radius 1 is 1.31 bits per heavy atom. The fourth-order valence-electron chi connectivity index (χ4n) is 1.69. The highest BCUT2D eigenvalue weighted by Crippen LogP contribution is 2.21. The molecule has 0 bridgehead atoms. The Balaban J connectivity index is 2.22. The van der Waals surface area contributed by atoms with E-state index in [0.717, 1.165) is 23.9 Å². The summed E-state index contributed by atoms with van der Waals surface area (Å²) in [6, 6.07) is 4.38. The van der Waals surface area contributed by atoms with Crippen molar-refractivity contribution < 1.29 is 0 Å². The van der Waals surface area contributed by atoms with Gasteiger partial charge in [0.2, 0.25) is 0 Å². The zero-order valence-electron chi connectivity index (χ0n) is 9.53. The molecule has 0 saturated carbocycles. The maximum atomic E-state index is 4.61. The number of rotatable bonds is 4. The van der Waals surface area contributed by atoms with Gasteiger partial charge in [-0.25, -0.2) is 0 Å². The highest BCUT2D eigenvalue weighted by atomic mass is 79.9. The Morgan fingerprint density at radius 2 is 2.12 bits per heavy atom. The van der Waals surface area contributed by atoms with E-state index in [1.807, 2.05) is 0 Å². The second kappa shape index (κ2) is 5.15. The van der Waals surface area contributed by atoms with Gasteiger partial charge in [0.25, 0.3) is 0 Å². The van der Waals surface area contributed by atoms with E-state index in [1.165, 1.54) is 16.3 Å². The largest absolute Gasteiger partial charge is 0.264 e. The SMILES string of the molecule is CCc1cc(CC)n(Cc2cc(Br)cs2)n1. The molecule has 2 rings (SSSR count). The summed E-state index contributed by atoms with van der Waals surface area (Å²) in [5.41, 5.74) is 2.51. The van der Waals surface area contributed by atoms with Gasteiger partial charge < -0.3 is 0 Å². The van der Waals surface area contributed by atoms with Crippen LogP contribution in [0.25, 0.3) is 0 Å². The number of thiophene rings is 1. The van der Waals surface area contributed by atoms with E-state index in [9.17, 15) is 0 Å². The van der Waals surface area contributed by atoms with Crippen LogP contribution in [0.4, 0.5) is 0 Å². The molecule has 0 radical (unpaired) electrons. The van der Waals surface area contributed by atoms with E-state index in [-0.39, 0.29) is 0 Å². The average molecular weight is 299 g/mol. The minimum Gasteiger partial charge on any atom is -0.264 e. The molecular formula is C12H15BrN2S. The van der Waals surface area contributed by atoms with Crippen LogP contribution < -0.4 is 0 Å². The predicted molar refractivity (Wildman–Crippen MR) is 72.1 cm³/mol. The Bertz CT molecular complexity index is 473. The molecule has 2 aromatic rings. The first-order chi connectivity index (χ1) is 7.72. The molecule has 2 aromatic heterocycles. The molecule has 0 atom stereocenters. The van der Waals surface area contributed by atoms with Crippen molar-refractivity contribution in [1.82, 2.24) is 9.78 Å². The predicted octanol–water partition coefficient (Wildman–Crippen LogP) is 3.88. The van der Waals surface area contributed by atoms with E-state index >= 15 is 0 Å². The van der Waals surface area contributed by atoms with Gasteiger partial charge in [0.15, 0.2) is 0 Å². The first-order valence-electron chi connectivity index (χ1n) is 5.51. The fourth-order valence-corrected chi connectivity index (χ4v) is 3.13. The number of hydrogen-bond donors (Lipinski definition) is 0. The van der Waals surface area contributed by atoms with E-state index < -0.39 is 0 Å². The number of nitrogens with zero attached hydrogens (tertiary/aromatic N) is 2. The Hall–Kier alpha value is -0.610. The van der Waals surface area contributed by atoms with Gasteiger partial charge in [-0.3, -0.25) is 4.68 Å². The molecule has 0 fully saturated rings. The third-order valence-electron chi connectivity index (χ3n) is 2.57. The summed E-state index contributed by atoms with van der Waals surface area (Å²) < 4.78 is 3.28. The second-order valence-electron chi connectivity index (χ2n) is 3.72. The molecule has 0 aromatic carbocycles. The first kappa shape index (κ1) is 11.9. The minimum absolute atomic E-state index is 0.888. The summed E-state index contributed by atoms with van der Waals surface area (Å²) in [5, 5.41) is 6.73. The van der Waals surface area contributed by atoms with Crippen LogP contribution in [-0.2, 0) is 19.4 Å². The third-order valence-corrected chi connectivity index (χ3v) is 4.25. The lowest BCUT2D eigenvalue weighted by Gasteiger charge is -2.03. The van der Waals surface area contributed by atoms with E-state index in [2.05, 4.69) is 57.1 Å². The van der Waals surface area contributed by atoms with Crippen LogP contribution in [0.15, 0.2) is 22.0 Å². The van der Waals surface area contributed by atoms with Gasteiger partial charge in [-0.1, -0.05) is 13.8 Å². The van der Waals surface area contributed by atoms with Gasteiger partial charge in [-0.2, -0.15) is 5.10 Å². The number of aromatic nitrogens is 2. The lowest BCUT2D eigenvalue weighted by Crippen LogP contribution is -2.04. The van der Waals surface area contributed by atoms with Crippen molar-refractivity contribution in [1.29, 1.82) is 0 Å². The van der Waals surface area contributed by atoms with Crippen molar-refractivity contribution in [3.05, 3.63) is 38.3 Å². The Kier molecular flexibility index (Phi) is 3.82. The molecule has 0 aliphatic heterocycles. The zero-order valence-corrected chi connectivity index (χ0v) is 11.9. The summed E-state index contributed by atoms with van der Waals surface area (Å²) >= 11 is 5.25. The number of halogens is 1. The molecule has 0 spiro atoms. The van der Waals surface area contributed by atoms with Gasteiger partial charge in [0.05, 0.1) is 12.2 Å². The molecule has 0 unspecified atom stereocenters. The topological polar surface area (TPSA) is 17.8 Å².